The van der Waals surface area contributed by atoms with Gasteiger partial charge in [0.25, 0.3) is 0 Å². The van der Waals surface area contributed by atoms with Gasteiger partial charge in [0.1, 0.15) is 0 Å². The molecule has 0 aliphatic rings. The monoisotopic (exact) mass is 274 g/mol. The summed E-state index contributed by atoms with van der Waals surface area (Å²) in [4.78, 5) is 6.32. The van der Waals surface area contributed by atoms with E-state index >= 15 is 0 Å². The molecule has 0 radical (unpaired) electrons. The van der Waals surface area contributed by atoms with Gasteiger partial charge in [-0.1, -0.05) is 12.1 Å². The number of methoxy groups -OCH3 is 1. The predicted molar refractivity (Wildman–Crippen MR) is 77.1 cm³/mol. The summed E-state index contributed by atoms with van der Waals surface area (Å²) in [7, 11) is 3.51. The Bertz CT molecular complexity index is 560. The number of pyridine rings is 1. The fourth-order valence-electron chi connectivity index (χ4n) is 2.11. The molecule has 2 rings (SSSR count). The number of hydrogen-bond donors (Lipinski definition) is 0. The second kappa shape index (κ2) is 6.48. The van der Waals surface area contributed by atoms with Gasteiger partial charge < -0.3 is 4.74 Å². The SMILES string of the molecule is COc1cc(CN(C)[C@@H](C)c2cccnc2)ccc1F. The summed E-state index contributed by atoms with van der Waals surface area (Å²) in [6.07, 6.45) is 3.63. The van der Waals surface area contributed by atoms with Crippen LogP contribution in [0, 0.1) is 5.82 Å². The van der Waals surface area contributed by atoms with Crippen molar-refractivity contribution in [2.75, 3.05) is 14.2 Å². The van der Waals surface area contributed by atoms with Crippen LogP contribution >= 0.6 is 0 Å². The highest BCUT2D eigenvalue weighted by atomic mass is 19.1. The van der Waals surface area contributed by atoms with Gasteiger partial charge in [-0.3, -0.25) is 9.88 Å². The van der Waals surface area contributed by atoms with Crippen LogP contribution in [0.2, 0.25) is 0 Å². The van der Waals surface area contributed by atoms with E-state index in [4.69, 9.17) is 4.74 Å². The van der Waals surface area contributed by atoms with E-state index in [9.17, 15) is 4.39 Å². The molecular weight excluding hydrogens is 255 g/mol. The number of nitrogens with zero attached hydrogens (tertiary/aromatic N) is 2. The van der Waals surface area contributed by atoms with Crippen LogP contribution in [-0.2, 0) is 6.54 Å². The third-order valence-corrected chi connectivity index (χ3v) is 3.48. The smallest absolute Gasteiger partial charge is 0.165 e. The maximum Gasteiger partial charge on any atom is 0.165 e. The highest BCUT2D eigenvalue weighted by Gasteiger charge is 2.13. The molecule has 0 N–H and O–H groups in total. The van der Waals surface area contributed by atoms with Crippen molar-refractivity contribution in [2.45, 2.75) is 19.5 Å². The first-order valence-corrected chi connectivity index (χ1v) is 6.54. The van der Waals surface area contributed by atoms with Gasteiger partial charge in [0.2, 0.25) is 0 Å². The maximum atomic E-state index is 13.4. The molecule has 4 heteroatoms. The van der Waals surface area contributed by atoms with E-state index in [0.29, 0.717) is 6.54 Å². The molecule has 1 atom stereocenters. The lowest BCUT2D eigenvalue weighted by Crippen LogP contribution is -2.22. The molecule has 0 aliphatic heterocycles. The van der Waals surface area contributed by atoms with Crippen LogP contribution in [0.25, 0.3) is 0 Å². The van der Waals surface area contributed by atoms with E-state index in [1.807, 2.05) is 19.3 Å². The Morgan fingerprint density at radius 1 is 1.35 bits per heavy atom. The number of hydrogen-bond acceptors (Lipinski definition) is 3. The summed E-state index contributed by atoms with van der Waals surface area (Å²) in [5.41, 5.74) is 2.17. The van der Waals surface area contributed by atoms with Gasteiger partial charge in [-0.05, 0) is 43.3 Å². The van der Waals surface area contributed by atoms with Crippen molar-refractivity contribution in [3.05, 3.63) is 59.7 Å². The average molecular weight is 274 g/mol. The lowest BCUT2D eigenvalue weighted by molar-refractivity contribution is 0.252. The first-order valence-electron chi connectivity index (χ1n) is 6.54. The molecule has 0 bridgehead atoms. The fourth-order valence-corrected chi connectivity index (χ4v) is 2.11. The summed E-state index contributed by atoms with van der Waals surface area (Å²) in [5, 5.41) is 0. The van der Waals surface area contributed by atoms with Gasteiger partial charge in [-0.25, -0.2) is 4.39 Å². The normalized spacial score (nSPS) is 12.4. The molecule has 0 aliphatic carbocycles. The lowest BCUT2D eigenvalue weighted by atomic mass is 10.1. The van der Waals surface area contributed by atoms with E-state index in [1.165, 1.54) is 13.2 Å². The predicted octanol–water partition coefficient (Wildman–Crippen LogP) is 3.42. The van der Waals surface area contributed by atoms with Gasteiger partial charge in [0.15, 0.2) is 11.6 Å². The molecule has 1 aromatic heterocycles. The number of rotatable bonds is 5. The van der Waals surface area contributed by atoms with Gasteiger partial charge >= 0.3 is 0 Å². The minimum atomic E-state index is -0.334. The van der Waals surface area contributed by atoms with E-state index in [2.05, 4.69) is 22.9 Å². The molecule has 2 aromatic rings. The van der Waals surface area contributed by atoms with Crippen LogP contribution in [0.15, 0.2) is 42.7 Å². The number of aromatic nitrogens is 1. The molecule has 106 valence electrons. The van der Waals surface area contributed by atoms with Gasteiger partial charge in [0, 0.05) is 25.0 Å². The Morgan fingerprint density at radius 2 is 2.15 bits per heavy atom. The Morgan fingerprint density at radius 3 is 2.80 bits per heavy atom. The van der Waals surface area contributed by atoms with Crippen LogP contribution < -0.4 is 4.74 Å². The van der Waals surface area contributed by atoms with Gasteiger partial charge in [0.05, 0.1) is 7.11 Å². The molecule has 0 amide bonds. The van der Waals surface area contributed by atoms with Crippen LogP contribution in [0.3, 0.4) is 0 Å². The van der Waals surface area contributed by atoms with Crippen molar-refractivity contribution in [3.8, 4) is 5.75 Å². The first-order chi connectivity index (χ1) is 9.61. The zero-order valence-corrected chi connectivity index (χ0v) is 12.0. The van der Waals surface area contributed by atoms with Crippen molar-refractivity contribution in [2.24, 2.45) is 0 Å². The van der Waals surface area contributed by atoms with Crippen LogP contribution in [0.1, 0.15) is 24.1 Å². The zero-order valence-electron chi connectivity index (χ0n) is 12.0. The molecule has 20 heavy (non-hydrogen) atoms. The highest BCUT2D eigenvalue weighted by molar-refractivity contribution is 5.30. The van der Waals surface area contributed by atoms with Crippen molar-refractivity contribution in [3.63, 3.8) is 0 Å². The Hall–Kier alpha value is -1.94. The van der Waals surface area contributed by atoms with Crippen molar-refractivity contribution in [1.29, 1.82) is 0 Å². The summed E-state index contributed by atoms with van der Waals surface area (Å²) >= 11 is 0. The topological polar surface area (TPSA) is 25.4 Å². The number of benzene rings is 1. The second-order valence-electron chi connectivity index (χ2n) is 4.85. The molecule has 0 fully saturated rings. The minimum Gasteiger partial charge on any atom is -0.494 e. The van der Waals surface area contributed by atoms with E-state index in [1.54, 1.807) is 18.3 Å². The largest absolute Gasteiger partial charge is 0.494 e. The average Bonchev–Trinajstić information content (AvgIpc) is 2.49. The third-order valence-electron chi connectivity index (χ3n) is 3.48. The Kier molecular flexibility index (Phi) is 4.69. The summed E-state index contributed by atoms with van der Waals surface area (Å²) in [6, 6.07) is 9.18. The third kappa shape index (κ3) is 3.33. The van der Waals surface area contributed by atoms with Crippen molar-refractivity contribution < 1.29 is 9.13 Å². The quantitative estimate of drug-likeness (QED) is 0.835. The maximum absolute atomic E-state index is 13.4. The first kappa shape index (κ1) is 14.5. The summed E-state index contributed by atoms with van der Waals surface area (Å²) in [5.74, 6) is -0.0517. The van der Waals surface area contributed by atoms with Crippen LogP contribution in [0.4, 0.5) is 4.39 Å². The standard InChI is InChI=1S/C16H19FN2O/c1-12(14-5-4-8-18-10-14)19(2)11-13-6-7-15(17)16(9-13)20-3/h4-10,12H,11H2,1-3H3/t12-/m0/s1. The molecule has 0 unspecified atom stereocenters. The van der Waals surface area contributed by atoms with Crippen molar-refractivity contribution in [1.82, 2.24) is 9.88 Å². The molecule has 1 heterocycles. The minimum absolute atomic E-state index is 0.236. The Labute approximate surface area is 119 Å². The van der Waals surface area contributed by atoms with E-state index in [0.717, 1.165) is 11.1 Å². The van der Waals surface area contributed by atoms with Crippen molar-refractivity contribution >= 4 is 0 Å². The molecular formula is C16H19FN2O. The Balaban J connectivity index is 2.09. The lowest BCUT2D eigenvalue weighted by Gasteiger charge is -2.25. The van der Waals surface area contributed by atoms with Gasteiger partial charge in [-0.15, -0.1) is 0 Å². The molecule has 0 saturated heterocycles. The molecule has 0 spiro atoms. The molecule has 3 nitrogen and oxygen atoms in total. The fraction of sp³-hybridized carbons (Fsp3) is 0.312. The molecule has 0 saturated carbocycles. The number of ether oxygens (including phenoxy) is 1. The summed E-state index contributed by atoms with van der Waals surface area (Å²) < 4.78 is 18.4. The van der Waals surface area contributed by atoms with E-state index in [-0.39, 0.29) is 17.6 Å². The van der Waals surface area contributed by atoms with Gasteiger partial charge in [-0.2, -0.15) is 0 Å². The number of halogens is 1. The summed E-state index contributed by atoms with van der Waals surface area (Å²) in [6.45, 7) is 2.84. The second-order valence-corrected chi connectivity index (χ2v) is 4.85. The highest BCUT2D eigenvalue weighted by Crippen LogP contribution is 2.23. The van der Waals surface area contributed by atoms with Crippen LogP contribution in [-0.4, -0.2) is 24.0 Å². The molecule has 1 aromatic carbocycles. The van der Waals surface area contributed by atoms with Crippen LogP contribution in [0.5, 0.6) is 5.75 Å². The zero-order chi connectivity index (χ0) is 14.5. The van der Waals surface area contributed by atoms with E-state index < -0.39 is 0 Å².